The maximum absolute atomic E-state index is 6.23. The number of allylic oxidation sites excluding steroid dienone is 2. The number of unbranched alkanes of at least 4 members (excludes halogenated alkanes) is 9. The van der Waals surface area contributed by atoms with Gasteiger partial charge in [-0.1, -0.05) is 119 Å². The number of hydrogen-bond donors (Lipinski definition) is 0. The van der Waals surface area contributed by atoms with Crippen LogP contribution in [-0.4, -0.2) is 31.1 Å². The fraction of sp³-hybridized carbons (Fsp3) is 0.191. The third-order valence-corrected chi connectivity index (χ3v) is 30.4. The second-order valence-electron chi connectivity index (χ2n) is 32.2. The largest absolute Gasteiger partial charge is 0.496 e. The van der Waals surface area contributed by atoms with Gasteiger partial charge in [-0.25, -0.2) is 0 Å². The summed E-state index contributed by atoms with van der Waals surface area (Å²) in [5.74, 6) is 0.955. The van der Waals surface area contributed by atoms with Crippen LogP contribution in [-0.2, 0) is 10.8 Å². The topological polar surface area (TPSA) is 12.5 Å². The molecule has 6 aliphatic carbocycles. The molecule has 1 aliphatic heterocycles. The highest BCUT2D eigenvalue weighted by Crippen LogP contribution is 2.86. The highest BCUT2D eigenvalue weighted by molar-refractivity contribution is 6.82. The van der Waals surface area contributed by atoms with E-state index in [4.69, 9.17) is 4.74 Å². The van der Waals surface area contributed by atoms with E-state index < -0.39 is 0 Å². The Morgan fingerprint density at radius 2 is 0.670 bits per heavy atom. The molecule has 0 saturated carbocycles. The number of likely N-dealkylation sites (tertiary alicyclic amines) is 1. The molecule has 1 atom stereocenters. The van der Waals surface area contributed by atoms with E-state index in [2.05, 4.69) is 72.5 Å². The molecule has 0 bridgehead atoms. The highest BCUT2D eigenvalue weighted by atomic mass is 16.5. The van der Waals surface area contributed by atoms with Crippen molar-refractivity contribution in [2.45, 2.75) is 88.0 Å². The lowest BCUT2D eigenvalue weighted by molar-refractivity contribution is 0.258. The van der Waals surface area contributed by atoms with Crippen LogP contribution in [0.5, 0.6) is 5.75 Å². The molecule has 28 aromatic rings. The normalized spacial score (nSPS) is 21.4. The lowest BCUT2D eigenvalue weighted by Crippen LogP contribution is -2.54. The first-order valence-corrected chi connectivity index (χ1v) is 35.2. The van der Waals surface area contributed by atoms with E-state index in [1.54, 1.807) is 313 Å². The van der Waals surface area contributed by atoms with Gasteiger partial charge in [-0.2, -0.15) is 0 Å². The zero-order valence-electron chi connectivity index (χ0n) is 49.7. The summed E-state index contributed by atoms with van der Waals surface area (Å²) in [7, 11) is 1.85. The van der Waals surface area contributed by atoms with Gasteiger partial charge in [0.2, 0.25) is 0 Å². The van der Waals surface area contributed by atoms with Crippen molar-refractivity contribution in [1.29, 1.82) is 0 Å². The average molecular weight is 1140 g/mol. The van der Waals surface area contributed by atoms with Crippen molar-refractivity contribution < 1.29 is 4.74 Å². The second kappa shape index (κ2) is 10.7. The lowest BCUT2D eigenvalue weighted by Gasteiger charge is -2.51. The quantitative estimate of drug-likeness (QED) is 0.0576. The van der Waals surface area contributed by atoms with Crippen LogP contribution in [0.2, 0.25) is 0 Å². The van der Waals surface area contributed by atoms with E-state index in [1.807, 2.05) is 7.11 Å². The van der Waals surface area contributed by atoms with Crippen molar-refractivity contribution in [3.05, 3.63) is 82.4 Å². The summed E-state index contributed by atoms with van der Waals surface area (Å²) in [6.45, 7) is 4.54. The number of nitrogens with zero attached hydrogens (tertiary/aromatic N) is 1. The van der Waals surface area contributed by atoms with Gasteiger partial charge in [0.05, 0.1) is 17.9 Å². The Bertz CT molecular complexity index is 8030. The van der Waals surface area contributed by atoms with Crippen LogP contribution in [0, 0.1) is 0 Å². The van der Waals surface area contributed by atoms with Crippen LogP contribution in [0.25, 0.3) is 308 Å². The predicted octanol–water partition coefficient (Wildman–Crippen LogP) is 24.3. The smallest absolute Gasteiger partial charge is 0.127 e. The van der Waals surface area contributed by atoms with Crippen molar-refractivity contribution in [2.75, 3.05) is 20.2 Å². The number of methoxy groups -OCH3 is 1. The summed E-state index contributed by atoms with van der Waals surface area (Å²) in [6, 6.07) is 13.4. The molecule has 2 nitrogen and oxygen atoms in total. The summed E-state index contributed by atoms with van der Waals surface area (Å²) in [4.78, 5) is 3.19. The summed E-state index contributed by atoms with van der Waals surface area (Å²) >= 11 is 0. The van der Waals surface area contributed by atoms with Gasteiger partial charge in [0.1, 0.15) is 5.75 Å². The molecule has 0 aromatic heterocycles. The fourth-order valence-electron chi connectivity index (χ4n) is 29.2. The Morgan fingerprint density at radius 1 is 0.363 bits per heavy atom. The molecular formula is C89H41NO. The Hall–Kier alpha value is -9.60. The molecule has 0 radical (unpaired) electrons. The van der Waals surface area contributed by atoms with Gasteiger partial charge in [-0.3, -0.25) is 4.90 Å². The van der Waals surface area contributed by atoms with Crippen molar-refractivity contribution in [3.63, 3.8) is 0 Å². The first kappa shape index (κ1) is 40.2. The minimum atomic E-state index is -0.361. The molecule has 408 valence electrons. The van der Waals surface area contributed by atoms with Crippen molar-refractivity contribution in [2.24, 2.45) is 0 Å². The Morgan fingerprint density at radius 3 is 1.01 bits per heavy atom. The molecule has 1 saturated heterocycles. The summed E-state index contributed by atoms with van der Waals surface area (Å²) in [6.07, 6.45) is 23.8. The maximum atomic E-state index is 6.23. The SMILES string of the molecule is CCCCCCCCCCCCN1CC23c4c5c6c7c8c9c(c%10c%11c2c2c4c4c%12c5c5c6c6c8c8c%13c9c9c%10c%10c%11c%11c2c2c4c4c%12c%12c5c5c6c8c6c8c%13c9c9c%10c%10c%11c2c2c4c4c%12c5c6c5c8c9c%10c2c45)C73C1/C=C/C=C/c1c(OC)cc2cccccc1-2. The average Bonchev–Trinajstić information content (AvgIpc) is 1.38. The zero-order chi connectivity index (χ0) is 56.2. The zero-order valence-corrected chi connectivity index (χ0v) is 49.7. The third kappa shape index (κ3) is 2.76. The van der Waals surface area contributed by atoms with Crippen molar-refractivity contribution in [1.82, 2.24) is 4.90 Å². The van der Waals surface area contributed by atoms with Gasteiger partial charge in [0, 0.05) is 18.2 Å². The van der Waals surface area contributed by atoms with E-state index >= 15 is 0 Å². The van der Waals surface area contributed by atoms with E-state index in [-0.39, 0.29) is 16.9 Å². The molecule has 1 unspecified atom stereocenters. The van der Waals surface area contributed by atoms with Gasteiger partial charge < -0.3 is 4.74 Å². The fourth-order valence-corrected chi connectivity index (χ4v) is 29.2. The summed E-state index contributed by atoms with van der Waals surface area (Å²) in [5.41, 5.74) is 10.1. The number of hydrogen-bond acceptors (Lipinski definition) is 2. The number of rotatable bonds is 15. The van der Waals surface area contributed by atoms with E-state index in [9.17, 15) is 0 Å². The standard InChI is InChI=1S/C89H41NO/c1-3-4-5-6-7-8-9-10-11-17-22-90-24-88-84-76-68-58-48-40-32-30-31-34-38-36(32)44-52-46(38)56-50-42(34)43-35(31)39-37-33(30)41(40)49-55-45(37)53-47(39)57-51(43)61-60(50)72-66(56)74-64(52)70(62(68)54(44)48)78(84)80(74)86-82(72)83-73(61)67(57)75-65(53)71-63(55)69(59(49)58)77(76)85(88)79(71)81(75)87(83)89(86,88)29(90)21-16-15-20-27-26-19-14-12-13-18-25(26)23-28(27)91-2/h12-16,18-21,23,29H,3-11,17,22,24H2,1-2H3/b20-15+,21-16+. The van der Waals surface area contributed by atoms with Crippen molar-refractivity contribution >= 4 is 297 Å². The first-order chi connectivity index (χ1) is 45.3. The van der Waals surface area contributed by atoms with Crippen LogP contribution in [0.15, 0.2) is 54.6 Å². The van der Waals surface area contributed by atoms with Crippen molar-refractivity contribution in [3.8, 4) is 16.9 Å². The molecule has 0 N–H and O–H groups in total. The molecular weight excluding hydrogens is 1100 g/mol. The molecule has 2 heteroatoms. The van der Waals surface area contributed by atoms with Gasteiger partial charge in [0.25, 0.3) is 0 Å². The molecule has 1 heterocycles. The molecule has 28 aromatic carbocycles. The van der Waals surface area contributed by atoms with Crippen LogP contribution in [0.1, 0.15) is 98.9 Å². The molecule has 91 heavy (non-hydrogen) atoms. The van der Waals surface area contributed by atoms with E-state index in [0.717, 1.165) is 18.8 Å². The monoisotopic (exact) mass is 1140 g/mol. The maximum Gasteiger partial charge on any atom is 0.127 e. The molecule has 1 fully saturated rings. The number of fused-ring (bicyclic) bond motifs is 1. The van der Waals surface area contributed by atoms with Crippen LogP contribution in [0.3, 0.4) is 0 Å². The van der Waals surface area contributed by atoms with Crippen LogP contribution >= 0.6 is 0 Å². The number of ether oxygens (including phenoxy) is 1. The predicted molar refractivity (Wildman–Crippen MR) is 389 cm³/mol. The van der Waals surface area contributed by atoms with Gasteiger partial charge >= 0.3 is 0 Å². The minimum Gasteiger partial charge on any atom is -0.496 e. The second-order valence-corrected chi connectivity index (χ2v) is 32.2. The van der Waals surface area contributed by atoms with Crippen LogP contribution in [0.4, 0.5) is 0 Å². The van der Waals surface area contributed by atoms with Gasteiger partial charge in [-0.15, -0.1) is 0 Å². The third-order valence-electron chi connectivity index (χ3n) is 30.4. The summed E-state index contributed by atoms with van der Waals surface area (Å²) in [5, 5.41) is 90.6. The molecule has 0 amide bonds. The minimum absolute atomic E-state index is 0.127. The van der Waals surface area contributed by atoms with Crippen LogP contribution < -0.4 is 4.74 Å². The Kier molecular flexibility index (Phi) is 4.74. The highest BCUT2D eigenvalue weighted by Gasteiger charge is 2.75. The molecule has 7 aliphatic rings. The summed E-state index contributed by atoms with van der Waals surface area (Å²) < 4.78 is 6.23. The van der Waals surface area contributed by atoms with Gasteiger partial charge in [0.15, 0.2) is 0 Å². The molecule has 2 spiro atoms. The first-order valence-electron chi connectivity index (χ1n) is 35.2. The van der Waals surface area contributed by atoms with Gasteiger partial charge in [-0.05, 0) is 343 Å². The number of benzene rings is 18. The van der Waals surface area contributed by atoms with E-state index in [1.165, 1.54) is 80.9 Å². The van der Waals surface area contributed by atoms with E-state index in [0.29, 0.717) is 0 Å². The molecule has 35 rings (SSSR count). The lowest BCUT2D eigenvalue weighted by atomic mass is 9.48. The Balaban J connectivity index is 0.825. The Labute approximate surface area is 510 Å².